The molecular weight excluding hydrogens is 480 g/mol. The van der Waals surface area contributed by atoms with E-state index in [4.69, 9.17) is 4.74 Å². The summed E-state index contributed by atoms with van der Waals surface area (Å²) in [6.07, 6.45) is 1.71. The Kier molecular flexibility index (Phi) is 5.67. The SMILES string of the molecule is O=c1c(-c2ccccc2)c(O)[n+](Cc2ccccc2Oc2ccc(Br)cc2)c2ccccn12. The zero-order valence-corrected chi connectivity index (χ0v) is 19.1. The third-order valence-corrected chi connectivity index (χ3v) is 5.96. The van der Waals surface area contributed by atoms with Gasteiger partial charge in [-0.25, -0.2) is 4.79 Å². The molecule has 0 radical (unpaired) electrons. The number of halogens is 1. The standard InChI is InChI=1S/C27H19BrN2O3/c28-21-13-15-22(16-14-21)33-23-11-5-4-10-20(23)18-30-24-12-6-7-17-29(24)26(31)25(27(30)32)19-8-2-1-3-9-19/h1-17H,18H2/p+1. The van der Waals surface area contributed by atoms with Gasteiger partial charge in [0.2, 0.25) is 0 Å². The van der Waals surface area contributed by atoms with Crippen LogP contribution >= 0.6 is 15.9 Å². The lowest BCUT2D eigenvalue weighted by atomic mass is 10.1. The largest absolute Gasteiger partial charge is 0.477 e. The number of nitrogens with zero attached hydrogens (tertiary/aromatic N) is 2. The molecule has 5 rings (SSSR count). The van der Waals surface area contributed by atoms with Gasteiger partial charge < -0.3 is 9.84 Å². The predicted octanol–water partition coefficient (Wildman–Crippen LogP) is 5.56. The number of ether oxygens (including phenoxy) is 1. The highest BCUT2D eigenvalue weighted by atomic mass is 79.9. The van der Waals surface area contributed by atoms with E-state index in [-0.39, 0.29) is 17.0 Å². The van der Waals surface area contributed by atoms with Gasteiger partial charge in [-0.2, -0.15) is 8.97 Å². The van der Waals surface area contributed by atoms with Crippen LogP contribution < -0.4 is 14.9 Å². The van der Waals surface area contributed by atoms with Gasteiger partial charge in [0.1, 0.15) is 18.0 Å². The van der Waals surface area contributed by atoms with Crippen LogP contribution in [-0.2, 0) is 6.54 Å². The van der Waals surface area contributed by atoms with Crippen LogP contribution in [0.2, 0.25) is 0 Å². The summed E-state index contributed by atoms with van der Waals surface area (Å²) in [6.45, 7) is 0.312. The Bertz CT molecular complexity index is 1500. The Labute approximate surface area is 198 Å². The minimum absolute atomic E-state index is 0.0872. The molecular formula is C27H20BrN2O3+. The van der Waals surface area contributed by atoms with Crippen molar-refractivity contribution in [2.75, 3.05) is 0 Å². The molecule has 6 heteroatoms. The van der Waals surface area contributed by atoms with Crippen LogP contribution in [0.5, 0.6) is 17.4 Å². The highest BCUT2D eigenvalue weighted by molar-refractivity contribution is 9.10. The summed E-state index contributed by atoms with van der Waals surface area (Å²) < 4.78 is 10.4. The van der Waals surface area contributed by atoms with Crippen LogP contribution in [0, 0.1) is 0 Å². The van der Waals surface area contributed by atoms with Crippen LogP contribution in [0.25, 0.3) is 16.8 Å². The molecule has 0 saturated heterocycles. The zero-order valence-electron chi connectivity index (χ0n) is 17.6. The molecule has 162 valence electrons. The van der Waals surface area contributed by atoms with E-state index in [2.05, 4.69) is 15.9 Å². The molecule has 3 aromatic carbocycles. The summed E-state index contributed by atoms with van der Waals surface area (Å²) in [4.78, 5) is 13.3. The molecule has 0 fully saturated rings. The number of fused-ring (bicyclic) bond motifs is 1. The second-order valence-corrected chi connectivity index (χ2v) is 8.46. The summed E-state index contributed by atoms with van der Waals surface area (Å²) in [7, 11) is 0. The molecule has 0 saturated carbocycles. The fraction of sp³-hybridized carbons (Fsp3) is 0.0370. The van der Waals surface area contributed by atoms with Crippen molar-refractivity contribution in [1.82, 2.24) is 4.40 Å². The average Bonchev–Trinajstić information content (AvgIpc) is 2.85. The van der Waals surface area contributed by atoms with E-state index in [1.165, 1.54) is 0 Å². The Morgan fingerprint density at radius 1 is 0.848 bits per heavy atom. The second kappa shape index (κ2) is 8.92. The van der Waals surface area contributed by atoms with Crippen molar-refractivity contribution in [1.29, 1.82) is 0 Å². The van der Waals surface area contributed by atoms with E-state index >= 15 is 0 Å². The molecule has 33 heavy (non-hydrogen) atoms. The summed E-state index contributed by atoms with van der Waals surface area (Å²) >= 11 is 3.44. The van der Waals surface area contributed by atoms with Crippen molar-refractivity contribution < 1.29 is 14.4 Å². The maximum Gasteiger partial charge on any atom is 0.354 e. The topological polar surface area (TPSA) is 54.8 Å². The van der Waals surface area contributed by atoms with Gasteiger partial charge in [0.05, 0.1) is 6.20 Å². The lowest BCUT2D eigenvalue weighted by molar-refractivity contribution is -0.671. The van der Waals surface area contributed by atoms with Gasteiger partial charge in [0.15, 0.2) is 5.56 Å². The molecule has 0 amide bonds. The van der Waals surface area contributed by atoms with E-state index in [9.17, 15) is 9.90 Å². The first-order chi connectivity index (χ1) is 16.1. The molecule has 0 unspecified atom stereocenters. The second-order valence-electron chi connectivity index (χ2n) is 7.55. The number of aromatic hydroxyl groups is 1. The van der Waals surface area contributed by atoms with Crippen LogP contribution in [-0.4, -0.2) is 9.51 Å². The van der Waals surface area contributed by atoms with Crippen LogP contribution in [0.1, 0.15) is 5.56 Å². The molecule has 5 aromatic rings. The maximum atomic E-state index is 13.3. The highest BCUT2D eigenvalue weighted by Crippen LogP contribution is 2.28. The summed E-state index contributed by atoms with van der Waals surface area (Å²) in [5.74, 6) is 1.29. The molecule has 2 heterocycles. The monoisotopic (exact) mass is 499 g/mol. The third-order valence-electron chi connectivity index (χ3n) is 5.43. The van der Waals surface area contributed by atoms with E-state index in [1.807, 2.05) is 91.0 Å². The van der Waals surface area contributed by atoms with Gasteiger partial charge in [-0.05, 0) is 42.0 Å². The number of rotatable bonds is 5. The molecule has 5 nitrogen and oxygen atoms in total. The first-order valence-electron chi connectivity index (χ1n) is 10.4. The van der Waals surface area contributed by atoms with Crippen molar-refractivity contribution in [3.8, 4) is 28.5 Å². The fourth-order valence-electron chi connectivity index (χ4n) is 3.83. The molecule has 1 N–H and O–H groups in total. The minimum Gasteiger partial charge on any atom is -0.477 e. The Morgan fingerprint density at radius 3 is 2.33 bits per heavy atom. The van der Waals surface area contributed by atoms with E-state index < -0.39 is 0 Å². The van der Waals surface area contributed by atoms with Gasteiger partial charge in [-0.3, -0.25) is 0 Å². The van der Waals surface area contributed by atoms with Crippen molar-refractivity contribution in [3.63, 3.8) is 0 Å². The summed E-state index contributed by atoms with van der Waals surface area (Å²) in [6, 6.07) is 30.0. The fourth-order valence-corrected chi connectivity index (χ4v) is 4.10. The number of hydrogen-bond donors (Lipinski definition) is 1. The number of para-hydroxylation sites is 1. The van der Waals surface area contributed by atoms with Crippen LogP contribution in [0.4, 0.5) is 0 Å². The molecule has 0 aliphatic rings. The van der Waals surface area contributed by atoms with Crippen molar-refractivity contribution in [3.05, 3.63) is 124 Å². The summed E-state index contributed by atoms with van der Waals surface area (Å²) in [5.41, 5.74) is 2.09. The van der Waals surface area contributed by atoms with E-state index in [0.717, 1.165) is 10.0 Å². The Balaban J connectivity index is 1.65. The molecule has 0 aliphatic carbocycles. The molecule has 0 atom stereocenters. The third kappa shape index (κ3) is 4.13. The van der Waals surface area contributed by atoms with Gasteiger partial charge in [0, 0.05) is 16.1 Å². The smallest absolute Gasteiger partial charge is 0.354 e. The quantitative estimate of drug-likeness (QED) is 0.322. The number of benzene rings is 3. The summed E-state index contributed by atoms with van der Waals surface area (Å²) in [5, 5.41) is 11.3. The lowest BCUT2D eigenvalue weighted by Crippen LogP contribution is -2.41. The van der Waals surface area contributed by atoms with Crippen molar-refractivity contribution in [2.45, 2.75) is 6.54 Å². The first kappa shape index (κ1) is 21.0. The van der Waals surface area contributed by atoms with E-state index in [1.54, 1.807) is 21.2 Å². The van der Waals surface area contributed by atoms with Gasteiger partial charge in [-0.1, -0.05) is 70.5 Å². The molecule has 2 aromatic heterocycles. The Hall–Kier alpha value is -3.90. The number of hydrogen-bond acceptors (Lipinski definition) is 3. The minimum atomic E-state index is -0.273. The van der Waals surface area contributed by atoms with Gasteiger partial charge >= 0.3 is 5.56 Å². The number of pyridine rings is 1. The molecule has 0 spiro atoms. The lowest BCUT2D eigenvalue weighted by Gasteiger charge is -2.13. The highest BCUT2D eigenvalue weighted by Gasteiger charge is 2.25. The van der Waals surface area contributed by atoms with Crippen molar-refractivity contribution >= 4 is 21.6 Å². The first-order valence-corrected chi connectivity index (χ1v) is 11.2. The predicted molar refractivity (Wildman–Crippen MR) is 131 cm³/mol. The Morgan fingerprint density at radius 2 is 1.55 bits per heavy atom. The molecule has 0 aliphatic heterocycles. The molecule has 0 bridgehead atoms. The zero-order chi connectivity index (χ0) is 22.8. The maximum absolute atomic E-state index is 13.3. The van der Waals surface area contributed by atoms with Crippen LogP contribution in [0.15, 0.2) is 113 Å². The van der Waals surface area contributed by atoms with E-state index in [0.29, 0.717) is 29.3 Å². The average molecular weight is 500 g/mol. The normalized spacial score (nSPS) is 10.9. The van der Waals surface area contributed by atoms with Crippen LogP contribution in [0.3, 0.4) is 0 Å². The van der Waals surface area contributed by atoms with Crippen molar-refractivity contribution in [2.24, 2.45) is 0 Å². The van der Waals surface area contributed by atoms with Gasteiger partial charge in [0.25, 0.3) is 11.5 Å². The van der Waals surface area contributed by atoms with Gasteiger partial charge in [-0.15, -0.1) is 0 Å². The number of aromatic nitrogens is 2.